The average Bonchev–Trinajstić information content (AvgIpc) is 4.08. The van der Waals surface area contributed by atoms with Crippen LogP contribution in [0.2, 0.25) is 0 Å². The van der Waals surface area contributed by atoms with Gasteiger partial charge >= 0.3 is 0 Å². The number of aromatic nitrogens is 1. The number of hydrogen-bond donors (Lipinski definition) is 1. The van der Waals surface area contributed by atoms with Gasteiger partial charge in [0.1, 0.15) is 23.2 Å². The van der Waals surface area contributed by atoms with Crippen molar-refractivity contribution in [1.82, 2.24) is 9.88 Å². The summed E-state index contributed by atoms with van der Waals surface area (Å²) >= 11 is 3.65. The van der Waals surface area contributed by atoms with Crippen LogP contribution in [0, 0.1) is 0 Å². The highest BCUT2D eigenvalue weighted by Gasteiger charge is 2.27. The van der Waals surface area contributed by atoms with E-state index in [1.165, 1.54) is 61.9 Å². The molecule has 9 aromatic carbocycles. The maximum Gasteiger partial charge on any atom is 0.159 e. The minimum Gasteiger partial charge on any atom is -0.456 e. The summed E-state index contributed by atoms with van der Waals surface area (Å²) in [6, 6.07) is 65.6. The van der Waals surface area contributed by atoms with Gasteiger partial charge in [-0.1, -0.05) is 115 Å². The maximum absolute atomic E-state index is 6.42. The largest absolute Gasteiger partial charge is 0.456 e. The van der Waals surface area contributed by atoms with Gasteiger partial charge in [0.25, 0.3) is 0 Å². The molecule has 1 aliphatic heterocycles. The van der Waals surface area contributed by atoms with E-state index in [4.69, 9.17) is 14.4 Å². The third-order valence-electron chi connectivity index (χ3n) is 12.6. The van der Waals surface area contributed by atoms with Crippen molar-refractivity contribution in [2.45, 2.75) is 6.17 Å². The van der Waals surface area contributed by atoms with Gasteiger partial charge in [-0.15, -0.1) is 22.7 Å². The van der Waals surface area contributed by atoms with Gasteiger partial charge in [0.2, 0.25) is 0 Å². The molecule has 5 nitrogen and oxygen atoms in total. The average molecular weight is 829 g/mol. The van der Waals surface area contributed by atoms with Crippen LogP contribution in [-0.2, 0) is 0 Å². The lowest BCUT2D eigenvalue weighted by Crippen LogP contribution is -2.34. The van der Waals surface area contributed by atoms with E-state index in [1.54, 1.807) is 0 Å². The van der Waals surface area contributed by atoms with E-state index in [-0.39, 0.29) is 0 Å². The van der Waals surface area contributed by atoms with Crippen molar-refractivity contribution >= 4 is 129 Å². The first-order valence-corrected chi connectivity index (χ1v) is 22.5. The number of nitrogens with one attached hydrogen (secondary N) is 1. The van der Waals surface area contributed by atoms with Crippen LogP contribution in [0.3, 0.4) is 0 Å². The lowest BCUT2D eigenvalue weighted by Gasteiger charge is -2.26. The van der Waals surface area contributed by atoms with Crippen molar-refractivity contribution < 1.29 is 4.42 Å². The first-order valence-electron chi connectivity index (χ1n) is 20.8. The number of rotatable bonds is 4. The minimum atomic E-state index is -0.483. The Morgan fingerprint density at radius 2 is 1.08 bits per heavy atom. The molecule has 4 aromatic heterocycles. The van der Waals surface area contributed by atoms with Gasteiger partial charge in [0.15, 0.2) is 5.84 Å². The SMILES string of the molecule is c1ccc2cc3c(cc2c1)c1ccccc1n3-c1cc2c(cc1C1N=C(c3ccc4c(c3)oc3ccccc34)N=C(c3ccc4c(c3)sc3ccccc34)N1)sc1ccccc12. The van der Waals surface area contributed by atoms with E-state index in [0.29, 0.717) is 5.84 Å². The normalized spacial score (nSPS) is 14.6. The monoisotopic (exact) mass is 828 g/mol. The molecule has 0 saturated carbocycles. The summed E-state index contributed by atoms with van der Waals surface area (Å²) in [5, 5.41) is 16.0. The van der Waals surface area contributed by atoms with Gasteiger partial charge < -0.3 is 14.3 Å². The minimum absolute atomic E-state index is 0.483. The first kappa shape index (κ1) is 34.2. The van der Waals surface area contributed by atoms with Crippen LogP contribution in [0.4, 0.5) is 0 Å². The Morgan fingerprint density at radius 1 is 0.452 bits per heavy atom. The Kier molecular flexibility index (Phi) is 7.14. The number of furan rings is 1. The molecule has 290 valence electrons. The van der Waals surface area contributed by atoms with E-state index in [1.807, 2.05) is 34.8 Å². The molecule has 0 bridgehead atoms. The molecule has 1 atom stereocenters. The molecule has 0 fully saturated rings. The Hall–Kier alpha value is -7.58. The number of hydrogen-bond acceptors (Lipinski definition) is 6. The summed E-state index contributed by atoms with van der Waals surface area (Å²) in [5.74, 6) is 1.43. The fraction of sp³-hybridized carbons (Fsp3) is 0.0182. The third kappa shape index (κ3) is 5.07. The van der Waals surface area contributed by atoms with E-state index >= 15 is 0 Å². The Morgan fingerprint density at radius 3 is 1.92 bits per heavy atom. The molecule has 0 radical (unpaired) electrons. The number of aliphatic imine (C=N–C) groups is 2. The molecule has 0 saturated heterocycles. The molecule has 1 aliphatic rings. The zero-order chi connectivity index (χ0) is 40.5. The van der Waals surface area contributed by atoms with E-state index in [0.717, 1.165) is 61.2 Å². The van der Waals surface area contributed by atoms with Crippen molar-refractivity contribution in [3.8, 4) is 5.69 Å². The van der Waals surface area contributed by atoms with Crippen molar-refractivity contribution in [2.75, 3.05) is 0 Å². The number of fused-ring (bicyclic) bond motifs is 13. The lowest BCUT2D eigenvalue weighted by atomic mass is 10.0. The van der Waals surface area contributed by atoms with Crippen molar-refractivity contribution in [2.24, 2.45) is 9.98 Å². The summed E-state index contributed by atoms with van der Waals surface area (Å²) in [6.07, 6.45) is -0.483. The molecule has 13 aromatic rings. The first-order chi connectivity index (χ1) is 30.7. The van der Waals surface area contributed by atoms with Crippen LogP contribution < -0.4 is 5.32 Å². The second kappa shape index (κ2) is 13.0. The van der Waals surface area contributed by atoms with Gasteiger partial charge in [-0.25, -0.2) is 9.98 Å². The molecule has 0 amide bonds. The molecule has 62 heavy (non-hydrogen) atoms. The van der Waals surface area contributed by atoms with Gasteiger partial charge in [0, 0.05) is 78.6 Å². The van der Waals surface area contributed by atoms with Crippen molar-refractivity contribution in [3.63, 3.8) is 0 Å². The summed E-state index contributed by atoms with van der Waals surface area (Å²) in [4.78, 5) is 10.9. The van der Waals surface area contributed by atoms with Crippen LogP contribution in [0.25, 0.3) is 101 Å². The molecular weight excluding hydrogens is 797 g/mol. The zero-order valence-corrected chi connectivity index (χ0v) is 34.6. The highest BCUT2D eigenvalue weighted by atomic mass is 32.1. The van der Waals surface area contributed by atoms with Crippen LogP contribution >= 0.6 is 22.7 Å². The summed E-state index contributed by atoms with van der Waals surface area (Å²) in [5.41, 5.74) is 8.05. The highest BCUT2D eigenvalue weighted by Crippen LogP contribution is 2.43. The molecule has 14 rings (SSSR count). The molecule has 0 spiro atoms. The van der Waals surface area contributed by atoms with E-state index < -0.39 is 6.17 Å². The predicted molar refractivity (Wildman–Crippen MR) is 263 cm³/mol. The van der Waals surface area contributed by atoms with Gasteiger partial charge in [-0.3, -0.25) is 0 Å². The summed E-state index contributed by atoms with van der Waals surface area (Å²) in [6.45, 7) is 0. The van der Waals surface area contributed by atoms with E-state index in [9.17, 15) is 0 Å². The van der Waals surface area contributed by atoms with Crippen LogP contribution in [0.1, 0.15) is 22.9 Å². The number of thiophene rings is 2. The van der Waals surface area contributed by atoms with Crippen LogP contribution in [-0.4, -0.2) is 16.2 Å². The molecule has 7 heteroatoms. The van der Waals surface area contributed by atoms with Gasteiger partial charge in [-0.2, -0.15) is 0 Å². The highest BCUT2D eigenvalue weighted by molar-refractivity contribution is 7.26. The summed E-state index contributed by atoms with van der Waals surface area (Å²) in [7, 11) is 0. The maximum atomic E-state index is 6.42. The zero-order valence-electron chi connectivity index (χ0n) is 33.0. The molecule has 0 aliphatic carbocycles. The fourth-order valence-electron chi connectivity index (χ4n) is 9.73. The third-order valence-corrected chi connectivity index (χ3v) is 14.9. The topological polar surface area (TPSA) is 54.8 Å². The molecule has 1 N–H and O–H groups in total. The van der Waals surface area contributed by atoms with Crippen molar-refractivity contribution in [1.29, 1.82) is 0 Å². The van der Waals surface area contributed by atoms with Crippen LogP contribution in [0.15, 0.2) is 196 Å². The number of nitrogens with zero attached hydrogens (tertiary/aromatic N) is 3. The fourth-order valence-corrected chi connectivity index (χ4v) is 12.0. The second-order valence-corrected chi connectivity index (χ2v) is 18.3. The molecular formula is C55H32N4OS2. The quantitative estimate of drug-likeness (QED) is 0.192. The lowest BCUT2D eigenvalue weighted by molar-refractivity contribution is 0.667. The predicted octanol–water partition coefficient (Wildman–Crippen LogP) is 15.1. The van der Waals surface area contributed by atoms with Gasteiger partial charge in [-0.05, 0) is 77.5 Å². The number of para-hydroxylation sites is 2. The molecule has 1 unspecified atom stereocenters. The Bertz CT molecular complexity index is 4110. The Balaban J connectivity index is 1.04. The van der Waals surface area contributed by atoms with Gasteiger partial charge in [0.05, 0.1) is 16.7 Å². The van der Waals surface area contributed by atoms with E-state index in [2.05, 4.69) is 180 Å². The number of amidine groups is 2. The van der Waals surface area contributed by atoms with Crippen LogP contribution in [0.5, 0.6) is 0 Å². The standard InChI is InChI=1S/C55H32N4OS2/c1-2-12-32-26-45-41(25-31(32)11-1)35-13-3-7-17-44(35)59(45)46-29-42-39-16-6-10-20-50(39)62-52(42)30-43(46)55-57-53(33-21-23-37-36-14-4-8-18-47(36)60-48(37)27-33)56-54(58-55)34-22-24-40-38-15-5-9-19-49(38)61-51(40)28-34/h1-30,55H,(H,56,57,58). The molecule has 5 heterocycles. The Labute approximate surface area is 362 Å². The van der Waals surface area contributed by atoms with Crippen molar-refractivity contribution in [3.05, 3.63) is 199 Å². The second-order valence-electron chi connectivity index (χ2n) is 16.2. The number of benzene rings is 9. The summed E-state index contributed by atoms with van der Waals surface area (Å²) < 4.78 is 13.9. The smallest absolute Gasteiger partial charge is 0.159 e.